The first kappa shape index (κ1) is 12.3. The molecule has 3 rings (SSSR count). The molecular weight excluding hydrogens is 240 g/mol. The van der Waals surface area contributed by atoms with Gasteiger partial charge in [-0.3, -0.25) is 0 Å². The number of imidazole rings is 1. The lowest BCUT2D eigenvalue weighted by atomic mass is 9.86. The molecule has 5 heteroatoms. The first-order valence-electron chi connectivity index (χ1n) is 6.89. The van der Waals surface area contributed by atoms with E-state index in [1.807, 2.05) is 18.2 Å². The quantitative estimate of drug-likeness (QED) is 0.637. The van der Waals surface area contributed by atoms with Crippen LogP contribution < -0.4 is 11.1 Å². The minimum absolute atomic E-state index is 0.179. The molecule has 0 bridgehead atoms. The van der Waals surface area contributed by atoms with E-state index in [0.29, 0.717) is 5.92 Å². The largest absolute Gasteiger partial charge is 0.399 e. The minimum atomic E-state index is -0.179. The van der Waals surface area contributed by atoms with Crippen LogP contribution in [0.2, 0.25) is 0 Å². The molecule has 19 heavy (non-hydrogen) atoms. The van der Waals surface area contributed by atoms with E-state index in [1.54, 1.807) is 0 Å². The molecule has 1 fully saturated rings. The summed E-state index contributed by atoms with van der Waals surface area (Å²) in [5, 5.41) is 13.2. The summed E-state index contributed by atoms with van der Waals surface area (Å²) in [7, 11) is 0. The molecule has 2 atom stereocenters. The Morgan fingerprint density at radius 2 is 2.21 bits per heavy atom. The van der Waals surface area contributed by atoms with Gasteiger partial charge in [-0.05, 0) is 31.0 Å². The van der Waals surface area contributed by atoms with Crippen molar-refractivity contribution in [2.45, 2.75) is 31.8 Å². The summed E-state index contributed by atoms with van der Waals surface area (Å²) in [6.45, 7) is 0.760. The maximum Gasteiger partial charge on any atom is 0.201 e. The van der Waals surface area contributed by atoms with Crippen molar-refractivity contribution >= 4 is 22.7 Å². The van der Waals surface area contributed by atoms with Gasteiger partial charge in [0.05, 0.1) is 17.1 Å². The van der Waals surface area contributed by atoms with Crippen molar-refractivity contribution in [1.29, 1.82) is 0 Å². The van der Waals surface area contributed by atoms with Crippen LogP contribution in [0.25, 0.3) is 11.0 Å². The maximum absolute atomic E-state index is 9.94. The zero-order valence-electron chi connectivity index (χ0n) is 10.9. The molecule has 0 amide bonds. The van der Waals surface area contributed by atoms with E-state index in [9.17, 15) is 5.11 Å². The highest BCUT2D eigenvalue weighted by atomic mass is 16.3. The molecule has 1 heterocycles. The van der Waals surface area contributed by atoms with Gasteiger partial charge in [0.25, 0.3) is 0 Å². The SMILES string of the molecule is Nc1ccc2nc(NCC3CCCCC3O)[nH]c2c1. The van der Waals surface area contributed by atoms with Crippen molar-refractivity contribution in [2.24, 2.45) is 5.92 Å². The Morgan fingerprint density at radius 1 is 1.37 bits per heavy atom. The number of nitrogen functional groups attached to an aromatic ring is 1. The van der Waals surface area contributed by atoms with Gasteiger partial charge in [0.2, 0.25) is 5.95 Å². The number of hydrogen-bond donors (Lipinski definition) is 4. The molecule has 2 aromatic rings. The number of hydrogen-bond acceptors (Lipinski definition) is 4. The van der Waals surface area contributed by atoms with E-state index in [4.69, 9.17) is 5.73 Å². The molecule has 1 aliphatic rings. The Balaban J connectivity index is 1.68. The number of aliphatic hydroxyl groups excluding tert-OH is 1. The van der Waals surface area contributed by atoms with Crippen LogP contribution in [0.4, 0.5) is 11.6 Å². The third-order valence-corrected chi connectivity index (χ3v) is 3.91. The summed E-state index contributed by atoms with van der Waals surface area (Å²) in [5.74, 6) is 1.07. The van der Waals surface area contributed by atoms with Gasteiger partial charge < -0.3 is 21.1 Å². The van der Waals surface area contributed by atoms with E-state index < -0.39 is 0 Å². The predicted molar refractivity (Wildman–Crippen MR) is 77.0 cm³/mol. The van der Waals surface area contributed by atoms with Crippen LogP contribution >= 0.6 is 0 Å². The lowest BCUT2D eigenvalue weighted by molar-refractivity contribution is 0.0762. The van der Waals surface area contributed by atoms with Crippen LogP contribution in [-0.2, 0) is 0 Å². The molecule has 5 nitrogen and oxygen atoms in total. The average molecular weight is 260 g/mol. The number of aromatic amines is 1. The standard InChI is InChI=1S/C14H20N4O/c15-10-5-6-11-12(7-10)18-14(17-11)16-8-9-3-1-2-4-13(9)19/h5-7,9,13,19H,1-4,8,15H2,(H2,16,17,18). The molecule has 0 radical (unpaired) electrons. The highest BCUT2D eigenvalue weighted by Gasteiger charge is 2.22. The van der Waals surface area contributed by atoms with Crippen molar-refractivity contribution in [2.75, 3.05) is 17.6 Å². The maximum atomic E-state index is 9.94. The third-order valence-electron chi connectivity index (χ3n) is 3.91. The smallest absolute Gasteiger partial charge is 0.201 e. The zero-order valence-corrected chi connectivity index (χ0v) is 10.9. The Labute approximate surface area is 112 Å². The number of rotatable bonds is 3. The third kappa shape index (κ3) is 2.66. The van der Waals surface area contributed by atoms with E-state index in [0.717, 1.165) is 48.5 Å². The van der Waals surface area contributed by atoms with Crippen LogP contribution in [0.1, 0.15) is 25.7 Å². The summed E-state index contributed by atoms with van der Waals surface area (Å²) in [6.07, 6.45) is 4.17. The second kappa shape index (κ2) is 5.09. The lowest BCUT2D eigenvalue weighted by Gasteiger charge is -2.27. The molecule has 0 saturated heterocycles. The highest BCUT2D eigenvalue weighted by molar-refractivity contribution is 5.80. The van der Waals surface area contributed by atoms with Gasteiger partial charge in [0.1, 0.15) is 0 Å². The Bertz CT molecular complexity index is 566. The van der Waals surface area contributed by atoms with Crippen molar-refractivity contribution < 1.29 is 5.11 Å². The Hall–Kier alpha value is -1.75. The summed E-state index contributed by atoms with van der Waals surface area (Å²) >= 11 is 0. The fourth-order valence-electron chi connectivity index (χ4n) is 2.76. The molecule has 1 saturated carbocycles. The molecule has 0 aliphatic heterocycles. The molecule has 5 N–H and O–H groups in total. The normalized spacial score (nSPS) is 23.6. The average Bonchev–Trinajstić information content (AvgIpc) is 2.79. The van der Waals surface area contributed by atoms with Gasteiger partial charge in [0.15, 0.2) is 0 Å². The number of anilines is 2. The zero-order chi connectivity index (χ0) is 13.2. The topological polar surface area (TPSA) is 87.0 Å². The van der Waals surface area contributed by atoms with Gasteiger partial charge in [-0.25, -0.2) is 4.98 Å². The number of aromatic nitrogens is 2. The van der Waals surface area contributed by atoms with Crippen LogP contribution in [0, 0.1) is 5.92 Å². The molecule has 1 aliphatic carbocycles. The molecule has 0 spiro atoms. The summed E-state index contributed by atoms with van der Waals surface area (Å²) in [6, 6.07) is 5.63. The number of nitrogens with two attached hydrogens (primary N) is 1. The highest BCUT2D eigenvalue weighted by Crippen LogP contribution is 2.25. The first-order valence-corrected chi connectivity index (χ1v) is 6.89. The fourth-order valence-corrected chi connectivity index (χ4v) is 2.76. The second-order valence-electron chi connectivity index (χ2n) is 5.35. The van der Waals surface area contributed by atoms with E-state index in [1.165, 1.54) is 6.42 Å². The second-order valence-corrected chi connectivity index (χ2v) is 5.35. The van der Waals surface area contributed by atoms with E-state index in [2.05, 4.69) is 15.3 Å². The summed E-state index contributed by atoms with van der Waals surface area (Å²) < 4.78 is 0. The number of nitrogens with zero attached hydrogens (tertiary/aromatic N) is 1. The number of aliphatic hydroxyl groups is 1. The monoisotopic (exact) mass is 260 g/mol. The number of benzene rings is 1. The van der Waals surface area contributed by atoms with Gasteiger partial charge in [0, 0.05) is 18.2 Å². The molecule has 102 valence electrons. The van der Waals surface area contributed by atoms with Crippen molar-refractivity contribution in [3.8, 4) is 0 Å². The van der Waals surface area contributed by atoms with Crippen LogP contribution in [0.5, 0.6) is 0 Å². The summed E-state index contributed by atoms with van der Waals surface area (Å²) in [5.41, 5.74) is 8.31. The molecule has 1 aromatic carbocycles. The number of nitrogens with one attached hydrogen (secondary N) is 2. The Morgan fingerprint density at radius 3 is 3.05 bits per heavy atom. The number of H-pyrrole nitrogens is 1. The van der Waals surface area contributed by atoms with Crippen LogP contribution in [-0.4, -0.2) is 27.7 Å². The molecular formula is C14H20N4O. The summed E-state index contributed by atoms with van der Waals surface area (Å²) in [4.78, 5) is 7.67. The van der Waals surface area contributed by atoms with E-state index in [-0.39, 0.29) is 6.10 Å². The molecule has 1 aromatic heterocycles. The lowest BCUT2D eigenvalue weighted by Crippen LogP contribution is -2.30. The van der Waals surface area contributed by atoms with Crippen molar-refractivity contribution in [1.82, 2.24) is 9.97 Å². The minimum Gasteiger partial charge on any atom is -0.399 e. The van der Waals surface area contributed by atoms with E-state index >= 15 is 0 Å². The van der Waals surface area contributed by atoms with Gasteiger partial charge in [-0.2, -0.15) is 0 Å². The molecule has 2 unspecified atom stereocenters. The first-order chi connectivity index (χ1) is 9.22. The Kier molecular flexibility index (Phi) is 3.29. The fraction of sp³-hybridized carbons (Fsp3) is 0.500. The number of fused-ring (bicyclic) bond motifs is 1. The van der Waals surface area contributed by atoms with Crippen LogP contribution in [0.3, 0.4) is 0 Å². The van der Waals surface area contributed by atoms with Crippen LogP contribution in [0.15, 0.2) is 18.2 Å². The predicted octanol–water partition coefficient (Wildman–Crippen LogP) is 2.11. The van der Waals surface area contributed by atoms with Gasteiger partial charge >= 0.3 is 0 Å². The van der Waals surface area contributed by atoms with Gasteiger partial charge in [-0.15, -0.1) is 0 Å². The van der Waals surface area contributed by atoms with Crippen molar-refractivity contribution in [3.63, 3.8) is 0 Å². The van der Waals surface area contributed by atoms with Gasteiger partial charge in [-0.1, -0.05) is 12.8 Å². The van der Waals surface area contributed by atoms with Crippen molar-refractivity contribution in [3.05, 3.63) is 18.2 Å².